The van der Waals surface area contributed by atoms with E-state index in [2.05, 4.69) is 92.1 Å². The van der Waals surface area contributed by atoms with Crippen LogP contribution in [0.25, 0.3) is 0 Å². The fourth-order valence-corrected chi connectivity index (χ4v) is 9.89. The Bertz CT molecular complexity index is 1620. The molecule has 11 heteroatoms. The first-order valence-electron chi connectivity index (χ1n) is 33.4. The van der Waals surface area contributed by atoms with Crippen LogP contribution in [0.3, 0.4) is 0 Å². The van der Waals surface area contributed by atoms with Crippen LogP contribution in [0.15, 0.2) is 85.1 Å². The van der Waals surface area contributed by atoms with Gasteiger partial charge < -0.3 is 45.1 Å². The molecule has 468 valence electrons. The maximum absolute atomic E-state index is 13.0. The third-order valence-electron chi connectivity index (χ3n) is 15.2. The summed E-state index contributed by atoms with van der Waals surface area (Å²) in [5, 5.41) is 54.4. The lowest BCUT2D eigenvalue weighted by Crippen LogP contribution is -2.60. The predicted molar refractivity (Wildman–Crippen MR) is 338 cm³/mol. The summed E-state index contributed by atoms with van der Waals surface area (Å²) >= 11 is 0. The first-order chi connectivity index (χ1) is 39.7. The van der Waals surface area contributed by atoms with E-state index >= 15 is 0 Å². The second-order valence-electron chi connectivity index (χ2n) is 22.8. The molecule has 7 atom stereocenters. The van der Waals surface area contributed by atoms with Gasteiger partial charge in [0.15, 0.2) is 6.29 Å². The molecule has 0 aromatic heterocycles. The molecule has 11 nitrogen and oxygen atoms in total. The number of ether oxygens (including phenoxy) is 3. The largest absolute Gasteiger partial charge is 0.466 e. The lowest BCUT2D eigenvalue weighted by Gasteiger charge is -2.40. The van der Waals surface area contributed by atoms with Crippen molar-refractivity contribution in [2.24, 2.45) is 0 Å². The average molecular weight is 1140 g/mol. The van der Waals surface area contributed by atoms with E-state index in [-0.39, 0.29) is 18.5 Å². The maximum Gasteiger partial charge on any atom is 0.305 e. The van der Waals surface area contributed by atoms with E-state index in [1.54, 1.807) is 6.08 Å². The molecule has 0 saturated carbocycles. The molecular weight excluding hydrogens is 1010 g/mol. The van der Waals surface area contributed by atoms with Crippen molar-refractivity contribution in [2.45, 2.75) is 326 Å². The van der Waals surface area contributed by atoms with Gasteiger partial charge in [0.1, 0.15) is 24.4 Å². The number of esters is 1. The third-order valence-corrected chi connectivity index (χ3v) is 15.2. The van der Waals surface area contributed by atoms with Crippen LogP contribution in [-0.4, -0.2) is 100 Å². The molecule has 1 fully saturated rings. The molecule has 0 bridgehead atoms. The Morgan fingerprint density at radius 3 is 1.35 bits per heavy atom. The summed E-state index contributed by atoms with van der Waals surface area (Å²) in [5.41, 5.74) is 0. The van der Waals surface area contributed by atoms with Crippen LogP contribution in [0.5, 0.6) is 0 Å². The van der Waals surface area contributed by atoms with Crippen molar-refractivity contribution in [2.75, 3.05) is 19.8 Å². The fourth-order valence-electron chi connectivity index (χ4n) is 9.89. The second kappa shape index (κ2) is 58.6. The van der Waals surface area contributed by atoms with Gasteiger partial charge in [0.05, 0.1) is 32.0 Å². The Balaban J connectivity index is 2.03. The summed E-state index contributed by atoms with van der Waals surface area (Å²) < 4.78 is 16.7. The van der Waals surface area contributed by atoms with Gasteiger partial charge in [-0.3, -0.25) is 9.59 Å². The lowest BCUT2D eigenvalue weighted by molar-refractivity contribution is -0.302. The predicted octanol–water partition coefficient (Wildman–Crippen LogP) is 16.5. The van der Waals surface area contributed by atoms with Crippen LogP contribution < -0.4 is 5.32 Å². The minimum Gasteiger partial charge on any atom is -0.466 e. The molecule has 0 radical (unpaired) electrons. The molecule has 1 heterocycles. The van der Waals surface area contributed by atoms with Crippen LogP contribution in [0, 0.1) is 0 Å². The zero-order valence-corrected chi connectivity index (χ0v) is 51.7. The molecule has 7 unspecified atom stereocenters. The van der Waals surface area contributed by atoms with Gasteiger partial charge in [0, 0.05) is 12.8 Å². The Morgan fingerprint density at radius 2 is 0.864 bits per heavy atom. The highest BCUT2D eigenvalue weighted by molar-refractivity contribution is 5.76. The van der Waals surface area contributed by atoms with Gasteiger partial charge in [-0.05, 0) is 116 Å². The standard InChI is InChI=1S/C70H123NO10/c1-3-5-7-9-11-13-15-32-36-40-44-48-52-56-63(73)62(61-80-70-69(78)68(77)67(76)64(60-72)81-70)71-65(74)57-53-49-45-41-37-34-30-28-26-24-22-20-18-17-19-21-23-25-27-29-31-35-39-43-47-51-55-59-79-66(75)58-54-50-46-42-38-33-16-14-12-10-8-6-4-2/h8,10-11,13-14,16-18,21,23,36,40,52,56,62-64,67-70,72-73,76-78H,3-7,9,12,15,19-20,22,24-35,37-39,41-51,53-55,57-61H2,1-2H3,(H,71,74)/b10-8-,13-11+,16-14-,18-17-,23-21-,40-36+,56-52+. The summed E-state index contributed by atoms with van der Waals surface area (Å²) in [6.45, 7) is 4.22. The van der Waals surface area contributed by atoms with E-state index < -0.39 is 49.5 Å². The monoisotopic (exact) mass is 1140 g/mol. The van der Waals surface area contributed by atoms with Gasteiger partial charge in [-0.1, -0.05) is 240 Å². The van der Waals surface area contributed by atoms with E-state index in [9.17, 15) is 35.1 Å². The van der Waals surface area contributed by atoms with Crippen molar-refractivity contribution < 1.29 is 49.3 Å². The second-order valence-corrected chi connectivity index (χ2v) is 22.8. The molecule has 1 aliphatic rings. The summed E-state index contributed by atoms with van der Waals surface area (Å²) in [7, 11) is 0. The molecular formula is C70H123NO10. The van der Waals surface area contributed by atoms with E-state index in [1.807, 2.05) is 6.08 Å². The SMILES string of the molecule is CCC/C=C\C/C=C\CCCCCCCC(=O)OCCCCCCCCCCC/C=C\C/C=C\CCCCCCCCCCCCCC(=O)NC(COC1OC(CO)C(O)C(O)C1O)C(O)/C=C/CC/C=C/CC/C=C/CCCCC. The first-order valence-corrected chi connectivity index (χ1v) is 33.4. The third kappa shape index (κ3) is 47.8. The molecule has 0 spiro atoms. The number of allylic oxidation sites excluding steroid dienone is 13. The molecule has 1 rings (SSSR count). The van der Waals surface area contributed by atoms with Gasteiger partial charge in [-0.25, -0.2) is 0 Å². The number of amides is 1. The topological polar surface area (TPSA) is 175 Å². The zero-order valence-electron chi connectivity index (χ0n) is 51.7. The number of unbranched alkanes of at least 4 members (excludes halogenated alkanes) is 31. The van der Waals surface area contributed by atoms with Gasteiger partial charge in [0.2, 0.25) is 5.91 Å². The van der Waals surface area contributed by atoms with E-state index in [0.29, 0.717) is 19.4 Å². The van der Waals surface area contributed by atoms with Gasteiger partial charge >= 0.3 is 5.97 Å². The van der Waals surface area contributed by atoms with Gasteiger partial charge in [0.25, 0.3) is 0 Å². The van der Waals surface area contributed by atoms with Gasteiger partial charge in [-0.15, -0.1) is 0 Å². The number of aliphatic hydroxyl groups excluding tert-OH is 5. The normalized spacial score (nSPS) is 18.8. The quantitative estimate of drug-likeness (QED) is 0.0195. The summed E-state index contributed by atoms with van der Waals surface area (Å²) in [6.07, 6.45) is 69.8. The van der Waals surface area contributed by atoms with E-state index in [4.69, 9.17) is 14.2 Å². The maximum atomic E-state index is 13.0. The van der Waals surface area contributed by atoms with Crippen molar-refractivity contribution in [3.05, 3.63) is 85.1 Å². The average Bonchev–Trinajstić information content (AvgIpc) is 3.46. The number of hydrogen-bond donors (Lipinski definition) is 6. The number of rotatable bonds is 57. The minimum absolute atomic E-state index is 0.0158. The molecule has 1 amide bonds. The zero-order chi connectivity index (χ0) is 58.7. The van der Waals surface area contributed by atoms with E-state index in [1.165, 1.54) is 154 Å². The highest BCUT2D eigenvalue weighted by atomic mass is 16.7. The molecule has 81 heavy (non-hydrogen) atoms. The minimum atomic E-state index is -1.58. The van der Waals surface area contributed by atoms with Crippen LogP contribution in [-0.2, 0) is 23.8 Å². The molecule has 6 N–H and O–H groups in total. The summed E-state index contributed by atoms with van der Waals surface area (Å²) in [5.74, 6) is -0.217. The summed E-state index contributed by atoms with van der Waals surface area (Å²) in [4.78, 5) is 25.1. The molecule has 0 aromatic carbocycles. The molecule has 0 aromatic rings. The number of hydrogen-bond acceptors (Lipinski definition) is 10. The van der Waals surface area contributed by atoms with Crippen LogP contribution >= 0.6 is 0 Å². The Kier molecular flexibility index (Phi) is 54.9. The van der Waals surface area contributed by atoms with Crippen LogP contribution in [0.1, 0.15) is 284 Å². The number of carbonyl (C=O) groups is 2. The number of carbonyl (C=O) groups excluding carboxylic acids is 2. The highest BCUT2D eigenvalue weighted by Gasteiger charge is 2.44. The van der Waals surface area contributed by atoms with Crippen molar-refractivity contribution in [1.29, 1.82) is 0 Å². The van der Waals surface area contributed by atoms with Crippen LogP contribution in [0.2, 0.25) is 0 Å². The van der Waals surface area contributed by atoms with Crippen molar-refractivity contribution in [3.8, 4) is 0 Å². The van der Waals surface area contributed by atoms with Crippen LogP contribution in [0.4, 0.5) is 0 Å². The van der Waals surface area contributed by atoms with Gasteiger partial charge in [-0.2, -0.15) is 0 Å². The van der Waals surface area contributed by atoms with E-state index in [0.717, 1.165) is 103 Å². The molecule has 0 aliphatic carbocycles. The highest BCUT2D eigenvalue weighted by Crippen LogP contribution is 2.23. The summed E-state index contributed by atoms with van der Waals surface area (Å²) in [6, 6.07) is -0.839. The number of aliphatic hydroxyl groups is 5. The Labute approximate surface area is 495 Å². The van der Waals surface area contributed by atoms with Crippen molar-refractivity contribution >= 4 is 11.9 Å². The van der Waals surface area contributed by atoms with Crippen molar-refractivity contribution in [1.82, 2.24) is 5.32 Å². The lowest BCUT2D eigenvalue weighted by atomic mass is 9.99. The Hall–Kier alpha value is -3.16. The number of nitrogens with one attached hydrogen (secondary N) is 1. The smallest absolute Gasteiger partial charge is 0.305 e. The molecule has 1 aliphatic heterocycles. The fraction of sp³-hybridized carbons (Fsp3) is 0.771. The molecule has 1 saturated heterocycles. The Morgan fingerprint density at radius 1 is 0.457 bits per heavy atom. The first kappa shape index (κ1) is 75.9. The van der Waals surface area contributed by atoms with Crippen molar-refractivity contribution in [3.63, 3.8) is 0 Å².